The molecular formula is C16H17Cl2N2O2-. The molecule has 0 fully saturated rings. The molecular weight excluding hydrogens is 323 g/mol. The Morgan fingerprint density at radius 1 is 1.27 bits per heavy atom. The largest absolute Gasteiger partial charge is 0.548 e. The number of carbonyl (C=O) groups is 1. The van der Waals surface area contributed by atoms with Crippen LogP contribution in [-0.4, -0.2) is 15.7 Å². The van der Waals surface area contributed by atoms with E-state index in [2.05, 4.69) is 5.10 Å². The summed E-state index contributed by atoms with van der Waals surface area (Å²) in [5.41, 5.74) is 3.68. The van der Waals surface area contributed by atoms with Crippen molar-refractivity contribution < 1.29 is 9.90 Å². The molecule has 2 aromatic rings. The van der Waals surface area contributed by atoms with Crippen LogP contribution >= 0.6 is 23.2 Å². The minimum Gasteiger partial charge on any atom is -0.548 e. The molecule has 0 saturated heterocycles. The molecule has 0 bridgehead atoms. The molecule has 0 radical (unpaired) electrons. The Labute approximate surface area is 139 Å². The van der Waals surface area contributed by atoms with Crippen LogP contribution in [0, 0.1) is 6.92 Å². The Morgan fingerprint density at radius 2 is 1.86 bits per heavy atom. The number of carbonyl (C=O) groups excluding carboxylic acids is 1. The van der Waals surface area contributed by atoms with Crippen LogP contribution in [0.15, 0.2) is 18.2 Å². The topological polar surface area (TPSA) is 58.0 Å². The second kappa shape index (κ2) is 6.71. The van der Waals surface area contributed by atoms with Gasteiger partial charge in [-0.15, -0.1) is 0 Å². The SMILES string of the molecule is Cc1nn(CC(=O)[O-])c(C(C)C)c1Cc1cc(Cl)cc(Cl)c1. The summed E-state index contributed by atoms with van der Waals surface area (Å²) >= 11 is 12.1. The lowest BCUT2D eigenvalue weighted by Crippen LogP contribution is -2.29. The number of aryl methyl sites for hydroxylation is 1. The summed E-state index contributed by atoms with van der Waals surface area (Å²) in [5, 5.41) is 16.4. The molecule has 0 amide bonds. The average Bonchev–Trinajstić information content (AvgIpc) is 2.63. The van der Waals surface area contributed by atoms with Crippen molar-refractivity contribution in [1.82, 2.24) is 9.78 Å². The molecule has 0 spiro atoms. The molecule has 0 atom stereocenters. The Balaban J connectivity index is 2.45. The van der Waals surface area contributed by atoms with Gasteiger partial charge in [0, 0.05) is 27.7 Å². The zero-order valence-electron chi connectivity index (χ0n) is 12.7. The van der Waals surface area contributed by atoms with Crippen molar-refractivity contribution in [3.05, 3.63) is 50.8 Å². The smallest absolute Gasteiger partial charge is 0.0808 e. The van der Waals surface area contributed by atoms with E-state index < -0.39 is 5.97 Å². The normalized spacial score (nSPS) is 11.2. The van der Waals surface area contributed by atoms with Gasteiger partial charge in [-0.25, -0.2) is 0 Å². The van der Waals surface area contributed by atoms with E-state index in [-0.39, 0.29) is 12.5 Å². The Hall–Kier alpha value is -1.52. The highest BCUT2D eigenvalue weighted by Crippen LogP contribution is 2.27. The fourth-order valence-corrected chi connectivity index (χ4v) is 3.23. The third-order valence-electron chi connectivity index (χ3n) is 3.42. The van der Waals surface area contributed by atoms with E-state index in [1.807, 2.05) is 32.9 Å². The molecule has 1 heterocycles. The van der Waals surface area contributed by atoms with Crippen molar-refractivity contribution in [3.63, 3.8) is 0 Å². The lowest BCUT2D eigenvalue weighted by atomic mass is 9.97. The summed E-state index contributed by atoms with van der Waals surface area (Å²) in [4.78, 5) is 10.9. The van der Waals surface area contributed by atoms with Crippen molar-refractivity contribution in [2.24, 2.45) is 0 Å². The molecule has 4 nitrogen and oxygen atoms in total. The molecule has 1 aromatic carbocycles. The third-order valence-corrected chi connectivity index (χ3v) is 3.86. The van der Waals surface area contributed by atoms with E-state index in [1.165, 1.54) is 4.68 Å². The predicted molar refractivity (Wildman–Crippen MR) is 85.3 cm³/mol. The number of halogens is 2. The van der Waals surface area contributed by atoms with Crippen molar-refractivity contribution in [2.45, 2.75) is 39.7 Å². The van der Waals surface area contributed by atoms with E-state index >= 15 is 0 Å². The number of aliphatic carboxylic acids is 1. The fraction of sp³-hybridized carbons (Fsp3) is 0.375. The molecule has 0 saturated carbocycles. The Morgan fingerprint density at radius 3 is 2.36 bits per heavy atom. The molecule has 0 unspecified atom stereocenters. The minimum absolute atomic E-state index is 0.144. The number of nitrogens with zero attached hydrogens (tertiary/aromatic N) is 2. The first kappa shape index (κ1) is 16.8. The summed E-state index contributed by atoms with van der Waals surface area (Å²) in [5.74, 6) is -1.01. The monoisotopic (exact) mass is 339 g/mol. The quantitative estimate of drug-likeness (QED) is 0.841. The number of hydrogen-bond donors (Lipinski definition) is 0. The summed E-state index contributed by atoms with van der Waals surface area (Å²) in [6.45, 7) is 5.65. The molecule has 0 aliphatic carbocycles. The number of carboxylic acid groups (broad SMARTS) is 1. The van der Waals surface area contributed by atoms with Crippen molar-refractivity contribution in [1.29, 1.82) is 0 Å². The van der Waals surface area contributed by atoms with E-state index in [0.29, 0.717) is 16.5 Å². The maximum atomic E-state index is 10.9. The Kier molecular flexibility index (Phi) is 5.14. The van der Waals surface area contributed by atoms with Gasteiger partial charge in [-0.05, 0) is 36.6 Å². The van der Waals surface area contributed by atoms with E-state index in [0.717, 1.165) is 22.5 Å². The predicted octanol–water partition coefficient (Wildman–Crippen LogP) is 2.96. The van der Waals surface area contributed by atoms with Gasteiger partial charge in [0.2, 0.25) is 0 Å². The summed E-state index contributed by atoms with van der Waals surface area (Å²) in [6, 6.07) is 5.39. The van der Waals surface area contributed by atoms with E-state index in [9.17, 15) is 9.90 Å². The molecule has 2 rings (SSSR count). The highest BCUT2D eigenvalue weighted by Gasteiger charge is 2.18. The first-order chi connectivity index (χ1) is 10.3. The van der Waals surface area contributed by atoms with Gasteiger partial charge in [-0.1, -0.05) is 37.0 Å². The van der Waals surface area contributed by atoms with Crippen LogP contribution in [0.25, 0.3) is 0 Å². The number of rotatable bonds is 5. The molecule has 0 aliphatic rings. The van der Waals surface area contributed by atoms with Gasteiger partial charge in [-0.2, -0.15) is 5.10 Å². The zero-order valence-corrected chi connectivity index (χ0v) is 14.2. The molecule has 1 aromatic heterocycles. The molecule has 6 heteroatoms. The number of benzene rings is 1. The molecule has 0 N–H and O–H groups in total. The highest BCUT2D eigenvalue weighted by atomic mass is 35.5. The molecule has 22 heavy (non-hydrogen) atoms. The van der Waals surface area contributed by atoms with Gasteiger partial charge in [0.15, 0.2) is 0 Å². The zero-order chi connectivity index (χ0) is 16.4. The Bertz CT molecular complexity index is 688. The summed E-state index contributed by atoms with van der Waals surface area (Å²) in [7, 11) is 0. The lowest BCUT2D eigenvalue weighted by molar-refractivity contribution is -0.306. The van der Waals surface area contributed by atoms with E-state index in [1.54, 1.807) is 6.07 Å². The van der Waals surface area contributed by atoms with Crippen molar-refractivity contribution >= 4 is 29.2 Å². The molecule has 0 aliphatic heterocycles. The van der Waals surface area contributed by atoms with Gasteiger partial charge in [0.05, 0.1) is 18.2 Å². The summed E-state index contributed by atoms with van der Waals surface area (Å²) < 4.78 is 1.51. The van der Waals surface area contributed by atoms with Gasteiger partial charge in [0.1, 0.15) is 0 Å². The van der Waals surface area contributed by atoms with Crippen LogP contribution in [-0.2, 0) is 17.8 Å². The summed E-state index contributed by atoms with van der Waals surface area (Å²) in [6.07, 6.45) is 0.604. The highest BCUT2D eigenvalue weighted by molar-refractivity contribution is 6.34. The van der Waals surface area contributed by atoms with Crippen LogP contribution in [0.3, 0.4) is 0 Å². The lowest BCUT2D eigenvalue weighted by Gasteiger charge is -2.13. The van der Waals surface area contributed by atoms with Gasteiger partial charge < -0.3 is 9.90 Å². The minimum atomic E-state index is -1.15. The van der Waals surface area contributed by atoms with Crippen LogP contribution in [0.5, 0.6) is 0 Å². The second-order valence-electron chi connectivity index (χ2n) is 5.59. The number of aromatic nitrogens is 2. The van der Waals surface area contributed by atoms with Gasteiger partial charge in [-0.3, -0.25) is 4.68 Å². The third kappa shape index (κ3) is 3.81. The number of carboxylic acids is 1. The van der Waals surface area contributed by atoms with Crippen LogP contribution in [0.4, 0.5) is 0 Å². The van der Waals surface area contributed by atoms with Crippen LogP contribution in [0.1, 0.15) is 42.3 Å². The first-order valence-corrected chi connectivity index (χ1v) is 7.74. The van der Waals surface area contributed by atoms with E-state index in [4.69, 9.17) is 23.2 Å². The van der Waals surface area contributed by atoms with Crippen molar-refractivity contribution in [3.8, 4) is 0 Å². The maximum Gasteiger partial charge on any atom is 0.0808 e. The maximum absolute atomic E-state index is 10.9. The second-order valence-corrected chi connectivity index (χ2v) is 6.46. The average molecular weight is 340 g/mol. The van der Waals surface area contributed by atoms with Gasteiger partial charge in [0.25, 0.3) is 0 Å². The van der Waals surface area contributed by atoms with Crippen LogP contribution in [0.2, 0.25) is 10.0 Å². The standard InChI is InChI=1S/C16H18Cl2N2O2/c1-9(2)16-14(10(3)19-20(16)8-15(21)22)6-11-4-12(17)7-13(18)5-11/h4-5,7,9H,6,8H2,1-3H3,(H,21,22)/p-1. The van der Waals surface area contributed by atoms with Crippen LogP contribution < -0.4 is 5.11 Å². The first-order valence-electron chi connectivity index (χ1n) is 6.99. The van der Waals surface area contributed by atoms with Crippen molar-refractivity contribution in [2.75, 3.05) is 0 Å². The van der Waals surface area contributed by atoms with Gasteiger partial charge >= 0.3 is 0 Å². The number of hydrogen-bond acceptors (Lipinski definition) is 3. The fourth-order valence-electron chi connectivity index (χ4n) is 2.66. The molecule has 118 valence electrons.